The number of carboxylic acids is 2. The molecule has 10 aromatic rings. The predicted molar refractivity (Wildman–Crippen MR) is 297 cm³/mol. The van der Waals surface area contributed by atoms with Gasteiger partial charge < -0.3 is 51.7 Å². The molecule has 3 aromatic carbocycles. The fraction of sp³-hybridized carbons (Fsp3) is 0.193. The Morgan fingerprint density at radius 3 is 1.49 bits per heavy atom. The van der Waals surface area contributed by atoms with Crippen molar-refractivity contribution in [3.05, 3.63) is 191 Å². The van der Waals surface area contributed by atoms with Crippen molar-refractivity contribution >= 4 is 69.2 Å². The molecule has 78 heavy (non-hydrogen) atoms. The SMILES string of the molecule is CCOC(=O)c1cn2cc(-c3cccc(OC)c3)ccc2n1.CCOC(=O)c1cn2cc(Br)ccc2n1.COc1cccc(-c2ccc3nc(C(=O)O)cn3c2)c1.COc1cccc(C2CCc3nc(C(=O)O)cn3C2)c1.Cl. The van der Waals surface area contributed by atoms with Crippen LogP contribution >= 0.6 is 28.3 Å². The number of carbonyl (C=O) groups is 4. The van der Waals surface area contributed by atoms with E-state index in [0.29, 0.717) is 41.8 Å². The van der Waals surface area contributed by atoms with Crippen LogP contribution in [0.3, 0.4) is 0 Å². The lowest BCUT2D eigenvalue weighted by Gasteiger charge is -2.24. The number of carbonyl (C=O) groups excluding carboxylic acids is 2. The van der Waals surface area contributed by atoms with Gasteiger partial charge in [0.25, 0.3) is 0 Å². The largest absolute Gasteiger partial charge is 0.497 e. The molecule has 19 nitrogen and oxygen atoms in total. The van der Waals surface area contributed by atoms with Gasteiger partial charge in [0, 0.05) is 66.7 Å². The highest BCUT2D eigenvalue weighted by molar-refractivity contribution is 9.10. The van der Waals surface area contributed by atoms with Crippen molar-refractivity contribution < 1.29 is 53.1 Å². The van der Waals surface area contributed by atoms with Crippen LogP contribution in [0.4, 0.5) is 0 Å². The minimum atomic E-state index is -1.03. The fourth-order valence-corrected chi connectivity index (χ4v) is 8.67. The number of methoxy groups -OCH3 is 3. The van der Waals surface area contributed by atoms with Crippen LogP contribution < -0.4 is 14.2 Å². The Labute approximate surface area is 462 Å². The Morgan fingerprint density at radius 2 is 0.987 bits per heavy atom. The van der Waals surface area contributed by atoms with Gasteiger partial charge in [-0.05, 0) is 137 Å². The molecule has 0 saturated carbocycles. The van der Waals surface area contributed by atoms with Crippen LogP contribution in [0, 0.1) is 0 Å². The van der Waals surface area contributed by atoms with E-state index in [9.17, 15) is 19.2 Å². The minimum Gasteiger partial charge on any atom is -0.497 e. The molecular formula is C57H54BrClN8O11. The Morgan fingerprint density at radius 1 is 0.538 bits per heavy atom. The third kappa shape index (κ3) is 13.9. The number of fused-ring (bicyclic) bond motifs is 4. The monoisotopic (exact) mass is 1140 g/mol. The second-order valence-corrected chi connectivity index (χ2v) is 18.0. The van der Waals surface area contributed by atoms with Gasteiger partial charge in [-0.2, -0.15) is 0 Å². The van der Waals surface area contributed by atoms with E-state index in [-0.39, 0.29) is 23.8 Å². The number of hydrogen-bond acceptors (Lipinski definition) is 13. The lowest BCUT2D eigenvalue weighted by Crippen LogP contribution is -2.18. The van der Waals surface area contributed by atoms with Crippen LogP contribution in [0.25, 0.3) is 39.2 Å². The smallest absolute Gasteiger partial charge is 0.358 e. The first-order valence-corrected chi connectivity index (χ1v) is 25.0. The van der Waals surface area contributed by atoms with Gasteiger partial charge in [0.15, 0.2) is 22.8 Å². The molecule has 0 bridgehead atoms. The number of imidazole rings is 4. The number of esters is 2. The van der Waals surface area contributed by atoms with Crippen LogP contribution in [0.5, 0.6) is 17.2 Å². The molecule has 1 aliphatic rings. The summed E-state index contributed by atoms with van der Waals surface area (Å²) in [5, 5.41) is 17.9. The van der Waals surface area contributed by atoms with E-state index in [4.69, 9.17) is 33.9 Å². The van der Waals surface area contributed by atoms with Gasteiger partial charge in [0.2, 0.25) is 0 Å². The number of pyridine rings is 3. The zero-order valence-corrected chi connectivity index (χ0v) is 45.4. The average molecular weight is 1140 g/mol. The summed E-state index contributed by atoms with van der Waals surface area (Å²) in [4.78, 5) is 61.6. The highest BCUT2D eigenvalue weighted by Gasteiger charge is 2.24. The predicted octanol–water partition coefficient (Wildman–Crippen LogP) is 10.9. The first-order chi connectivity index (χ1) is 37.2. The Bertz CT molecular complexity index is 3740. The zero-order valence-electron chi connectivity index (χ0n) is 43.0. The average Bonchev–Trinajstić information content (AvgIpc) is 4.30. The van der Waals surface area contributed by atoms with Crippen molar-refractivity contribution in [2.75, 3.05) is 34.5 Å². The molecule has 1 unspecified atom stereocenters. The molecule has 0 fully saturated rings. The second kappa shape index (κ2) is 26.2. The maximum absolute atomic E-state index is 11.7. The van der Waals surface area contributed by atoms with E-state index < -0.39 is 23.9 Å². The summed E-state index contributed by atoms with van der Waals surface area (Å²) >= 11 is 3.34. The summed E-state index contributed by atoms with van der Waals surface area (Å²) in [6.45, 7) is 5.00. The van der Waals surface area contributed by atoms with Crippen LogP contribution in [0.1, 0.15) is 79.5 Å². The van der Waals surface area contributed by atoms with Crippen LogP contribution in [0.2, 0.25) is 0 Å². The summed E-state index contributed by atoms with van der Waals surface area (Å²) in [6, 6.07) is 34.8. The number of ether oxygens (including phenoxy) is 5. The van der Waals surface area contributed by atoms with Crippen molar-refractivity contribution in [1.82, 2.24) is 37.7 Å². The maximum atomic E-state index is 11.7. The van der Waals surface area contributed by atoms with Crippen LogP contribution in [0.15, 0.2) is 157 Å². The molecule has 0 aliphatic carbocycles. The molecule has 2 N–H and O–H groups in total. The number of benzene rings is 3. The maximum Gasteiger partial charge on any atom is 0.358 e. The quantitative estimate of drug-likeness (QED) is 0.109. The third-order valence-electron chi connectivity index (χ3n) is 12.1. The summed E-state index contributed by atoms with van der Waals surface area (Å²) < 4.78 is 33.7. The number of halogens is 2. The molecule has 21 heteroatoms. The van der Waals surface area contributed by atoms with Crippen molar-refractivity contribution in [3.63, 3.8) is 0 Å². The third-order valence-corrected chi connectivity index (χ3v) is 12.6. The molecule has 1 atom stereocenters. The molecule has 402 valence electrons. The van der Waals surface area contributed by atoms with Crippen molar-refractivity contribution in [3.8, 4) is 39.5 Å². The number of aromatic nitrogens is 8. The zero-order chi connectivity index (χ0) is 54.6. The van der Waals surface area contributed by atoms with Gasteiger partial charge >= 0.3 is 23.9 Å². The Kier molecular flexibility index (Phi) is 19.0. The lowest BCUT2D eigenvalue weighted by atomic mass is 9.91. The van der Waals surface area contributed by atoms with E-state index in [0.717, 1.165) is 74.8 Å². The number of aromatic carboxylic acids is 2. The number of aryl methyl sites for hydroxylation is 1. The fourth-order valence-electron chi connectivity index (χ4n) is 8.32. The number of carboxylic acid groups (broad SMARTS) is 2. The molecule has 0 spiro atoms. The second-order valence-electron chi connectivity index (χ2n) is 17.1. The number of nitrogens with zero attached hydrogens (tertiary/aromatic N) is 8. The standard InChI is InChI=1S/C17H16N2O3.C15H16N2O3.C15H12N2O3.C10H9BrN2O2.ClH/c1-3-22-17(20)15-11-19-10-13(7-8-16(19)18-15)12-5-4-6-14(9-12)21-2;2*1-20-12-4-2-3-10(7-12)11-5-6-14-16-13(15(18)19)9-17(14)8-11;1-2-15-10(14)8-6-13-5-7(11)3-4-9(13)12-8;/h4-11H,3H2,1-2H3;2-4,7,9,11H,5-6,8H2,1H3,(H,18,19);2-9H,1H3,(H,18,19);3-6H,2H2,1H3;1H. The van der Waals surface area contributed by atoms with E-state index in [1.54, 1.807) is 68.6 Å². The highest BCUT2D eigenvalue weighted by Crippen LogP contribution is 2.31. The van der Waals surface area contributed by atoms with Gasteiger partial charge in [-0.1, -0.05) is 36.4 Å². The Hall–Kier alpha value is -9.01. The van der Waals surface area contributed by atoms with Gasteiger partial charge in [0.1, 0.15) is 40.0 Å². The summed E-state index contributed by atoms with van der Waals surface area (Å²) in [6.07, 6.45) is 13.9. The Balaban J connectivity index is 0.000000151. The molecule has 0 amide bonds. The summed E-state index contributed by atoms with van der Waals surface area (Å²) in [7, 11) is 4.92. The van der Waals surface area contributed by atoms with Crippen molar-refractivity contribution in [1.29, 1.82) is 0 Å². The number of hydrogen-bond donors (Lipinski definition) is 2. The molecule has 7 aromatic heterocycles. The topological polar surface area (TPSA) is 225 Å². The normalized spacial score (nSPS) is 12.3. The molecule has 1 aliphatic heterocycles. The van der Waals surface area contributed by atoms with Crippen molar-refractivity contribution in [2.45, 2.75) is 39.2 Å². The highest BCUT2D eigenvalue weighted by atomic mass is 79.9. The summed E-state index contributed by atoms with van der Waals surface area (Å²) in [5.41, 5.74) is 8.07. The lowest BCUT2D eigenvalue weighted by molar-refractivity contribution is 0.0511. The van der Waals surface area contributed by atoms with E-state index in [1.165, 1.54) is 11.8 Å². The molecule has 0 saturated heterocycles. The van der Waals surface area contributed by atoms with Crippen LogP contribution in [-0.4, -0.2) is 106 Å². The molecule has 8 heterocycles. The van der Waals surface area contributed by atoms with Gasteiger partial charge in [-0.15, -0.1) is 12.4 Å². The van der Waals surface area contributed by atoms with Crippen LogP contribution in [-0.2, 0) is 22.4 Å². The molecule has 0 radical (unpaired) electrons. The van der Waals surface area contributed by atoms with Gasteiger partial charge in [0.05, 0.1) is 34.5 Å². The number of rotatable bonds is 12. The minimum absolute atomic E-state index is 0. The van der Waals surface area contributed by atoms with Gasteiger partial charge in [-0.3, -0.25) is 0 Å². The molecule has 11 rings (SSSR count). The first-order valence-electron chi connectivity index (χ1n) is 24.2. The van der Waals surface area contributed by atoms with Gasteiger partial charge in [-0.25, -0.2) is 39.1 Å². The van der Waals surface area contributed by atoms with E-state index in [1.807, 2.05) is 125 Å². The van der Waals surface area contributed by atoms with E-state index in [2.05, 4.69) is 41.9 Å². The van der Waals surface area contributed by atoms with E-state index >= 15 is 0 Å². The molecular weight excluding hydrogens is 1090 g/mol. The first kappa shape index (κ1) is 56.7. The van der Waals surface area contributed by atoms with Crippen molar-refractivity contribution in [2.24, 2.45) is 0 Å². The summed E-state index contributed by atoms with van der Waals surface area (Å²) in [5.74, 6) is 0.864.